The summed E-state index contributed by atoms with van der Waals surface area (Å²) < 4.78 is 5.33. The van der Waals surface area contributed by atoms with Crippen molar-refractivity contribution in [3.05, 3.63) is 34.0 Å². The number of halogens is 2. The van der Waals surface area contributed by atoms with Gasteiger partial charge in [-0.1, -0.05) is 16.8 Å². The van der Waals surface area contributed by atoms with Crippen molar-refractivity contribution in [1.82, 2.24) is 15.1 Å². The molecule has 0 amide bonds. The smallest absolute Gasteiger partial charge is 0.148 e. The van der Waals surface area contributed by atoms with E-state index in [-0.39, 0.29) is 0 Å². The number of rotatable bonds is 3. The molecular weight excluding hydrogens is 283 g/mol. The van der Waals surface area contributed by atoms with Crippen LogP contribution < -0.4 is 5.32 Å². The lowest BCUT2D eigenvalue weighted by Crippen LogP contribution is -2.02. The number of anilines is 1. The fourth-order valence-electron chi connectivity index (χ4n) is 0.975. The second-order valence-corrected chi connectivity index (χ2v) is 3.82. The molecule has 1 N–H and O–H groups in total. The van der Waals surface area contributed by atoms with E-state index in [1.807, 2.05) is 0 Å². The predicted octanol–water partition coefficient (Wildman–Crippen LogP) is 2.49. The van der Waals surface area contributed by atoms with E-state index < -0.39 is 0 Å². The van der Waals surface area contributed by atoms with E-state index in [2.05, 4.69) is 36.4 Å². The minimum Gasteiger partial charge on any atom is -0.364 e. The maximum absolute atomic E-state index is 5.80. The summed E-state index contributed by atoms with van der Waals surface area (Å²) in [6.07, 6.45) is 2.90. The summed E-state index contributed by atoms with van der Waals surface area (Å²) in [5, 5.41) is 7.17. The van der Waals surface area contributed by atoms with E-state index in [9.17, 15) is 0 Å². The summed E-state index contributed by atoms with van der Waals surface area (Å²) in [5.41, 5.74) is 0.789. The first-order valence-corrected chi connectivity index (χ1v) is 5.23. The van der Waals surface area contributed by atoms with Crippen molar-refractivity contribution >= 4 is 33.3 Å². The van der Waals surface area contributed by atoms with Crippen molar-refractivity contribution in [3.63, 3.8) is 0 Å². The first-order valence-electron chi connectivity index (χ1n) is 4.06. The number of nitrogens with one attached hydrogen (secondary N) is 1. The molecule has 0 bridgehead atoms. The van der Waals surface area contributed by atoms with Crippen LogP contribution in [0, 0.1) is 0 Å². The molecule has 0 spiro atoms. The van der Waals surface area contributed by atoms with Crippen molar-refractivity contribution in [3.8, 4) is 0 Å². The molecule has 0 unspecified atom stereocenters. The van der Waals surface area contributed by atoms with E-state index >= 15 is 0 Å². The van der Waals surface area contributed by atoms with Gasteiger partial charge in [0.1, 0.15) is 29.3 Å². The molecule has 0 aromatic carbocycles. The molecule has 15 heavy (non-hydrogen) atoms. The predicted molar refractivity (Wildman–Crippen MR) is 58.6 cm³/mol. The van der Waals surface area contributed by atoms with Gasteiger partial charge in [-0.3, -0.25) is 0 Å². The van der Waals surface area contributed by atoms with Crippen LogP contribution in [0.2, 0.25) is 5.15 Å². The van der Waals surface area contributed by atoms with Gasteiger partial charge in [0.15, 0.2) is 0 Å². The van der Waals surface area contributed by atoms with Crippen molar-refractivity contribution < 1.29 is 4.52 Å². The Labute approximate surface area is 99.0 Å². The summed E-state index contributed by atoms with van der Waals surface area (Å²) >= 11 is 9.08. The maximum atomic E-state index is 5.80. The van der Waals surface area contributed by atoms with Crippen LogP contribution in [-0.2, 0) is 6.54 Å². The average Bonchev–Trinajstić information content (AvgIpc) is 2.73. The molecule has 0 aliphatic rings. The molecule has 0 fully saturated rings. The highest BCUT2D eigenvalue weighted by molar-refractivity contribution is 9.10. The first kappa shape index (κ1) is 10.4. The summed E-state index contributed by atoms with van der Waals surface area (Å²) in [6.45, 7) is 0.516. The molecule has 0 saturated heterocycles. The summed E-state index contributed by atoms with van der Waals surface area (Å²) in [5.74, 6) is 0.623. The zero-order valence-electron chi connectivity index (χ0n) is 7.44. The zero-order chi connectivity index (χ0) is 10.7. The van der Waals surface area contributed by atoms with Gasteiger partial charge in [0.25, 0.3) is 0 Å². The standard InChI is InChI=1S/C8H6BrClN4O/c9-6-7(10)12-4-13-8(6)11-3-5-1-2-15-14-5/h1-2,4H,3H2,(H,11,12,13). The minimum atomic E-state index is 0.368. The summed E-state index contributed by atoms with van der Waals surface area (Å²) in [6, 6.07) is 1.77. The third-order valence-corrected chi connectivity index (χ3v) is 2.94. The van der Waals surface area contributed by atoms with Crippen LogP contribution in [0.5, 0.6) is 0 Å². The molecular formula is C8H6BrClN4O. The fraction of sp³-hybridized carbons (Fsp3) is 0.125. The topological polar surface area (TPSA) is 63.8 Å². The molecule has 2 heterocycles. The van der Waals surface area contributed by atoms with Crippen LogP contribution in [0.15, 0.2) is 27.7 Å². The quantitative estimate of drug-likeness (QED) is 0.880. The molecule has 5 nitrogen and oxygen atoms in total. The van der Waals surface area contributed by atoms with E-state index in [0.29, 0.717) is 22.0 Å². The Bertz CT molecular complexity index is 448. The van der Waals surface area contributed by atoms with Crippen molar-refractivity contribution in [2.45, 2.75) is 6.54 Å². The van der Waals surface area contributed by atoms with Gasteiger partial charge in [-0.25, -0.2) is 9.97 Å². The highest BCUT2D eigenvalue weighted by atomic mass is 79.9. The van der Waals surface area contributed by atoms with Gasteiger partial charge in [0.05, 0.1) is 11.0 Å². The molecule has 78 valence electrons. The number of aromatic nitrogens is 3. The number of hydrogen-bond donors (Lipinski definition) is 1. The van der Waals surface area contributed by atoms with Crippen molar-refractivity contribution in [2.75, 3.05) is 5.32 Å². The molecule has 2 rings (SSSR count). The second-order valence-electron chi connectivity index (χ2n) is 2.67. The third kappa shape index (κ3) is 2.45. The Hall–Kier alpha value is -1.14. The Morgan fingerprint density at radius 1 is 1.47 bits per heavy atom. The first-order chi connectivity index (χ1) is 7.27. The molecule has 2 aromatic rings. The number of hydrogen-bond acceptors (Lipinski definition) is 5. The molecule has 0 radical (unpaired) electrons. The molecule has 0 aliphatic carbocycles. The lowest BCUT2D eigenvalue weighted by molar-refractivity contribution is 0.412. The van der Waals surface area contributed by atoms with Crippen LogP contribution in [0.1, 0.15) is 5.69 Å². The van der Waals surface area contributed by atoms with Gasteiger partial charge in [-0.05, 0) is 15.9 Å². The average molecular weight is 290 g/mol. The lowest BCUT2D eigenvalue weighted by Gasteiger charge is -2.05. The Morgan fingerprint density at radius 3 is 3.07 bits per heavy atom. The van der Waals surface area contributed by atoms with Gasteiger partial charge in [0, 0.05) is 6.07 Å². The lowest BCUT2D eigenvalue weighted by atomic mass is 10.4. The number of nitrogens with zero attached hydrogens (tertiary/aromatic N) is 3. The van der Waals surface area contributed by atoms with E-state index in [4.69, 9.17) is 16.1 Å². The highest BCUT2D eigenvalue weighted by Crippen LogP contribution is 2.26. The van der Waals surface area contributed by atoms with Gasteiger partial charge in [-0.2, -0.15) is 0 Å². The van der Waals surface area contributed by atoms with Crippen LogP contribution >= 0.6 is 27.5 Å². The van der Waals surface area contributed by atoms with Crippen LogP contribution in [0.25, 0.3) is 0 Å². The molecule has 7 heteroatoms. The van der Waals surface area contributed by atoms with Crippen molar-refractivity contribution in [2.24, 2.45) is 0 Å². The Balaban J connectivity index is 2.08. The van der Waals surface area contributed by atoms with E-state index in [1.165, 1.54) is 12.6 Å². The SMILES string of the molecule is Clc1ncnc(NCc2ccon2)c1Br. The monoisotopic (exact) mass is 288 g/mol. The maximum Gasteiger partial charge on any atom is 0.148 e. The van der Waals surface area contributed by atoms with Gasteiger partial charge < -0.3 is 9.84 Å². The van der Waals surface area contributed by atoms with Gasteiger partial charge in [-0.15, -0.1) is 0 Å². The molecule has 0 saturated carbocycles. The third-order valence-electron chi connectivity index (χ3n) is 1.68. The van der Waals surface area contributed by atoms with E-state index in [0.717, 1.165) is 5.69 Å². The van der Waals surface area contributed by atoms with Crippen LogP contribution in [-0.4, -0.2) is 15.1 Å². The molecule has 0 aliphatic heterocycles. The zero-order valence-corrected chi connectivity index (χ0v) is 9.79. The Kier molecular flexibility index (Phi) is 3.17. The van der Waals surface area contributed by atoms with Crippen molar-refractivity contribution in [1.29, 1.82) is 0 Å². The van der Waals surface area contributed by atoms with Crippen LogP contribution in [0.3, 0.4) is 0 Å². The van der Waals surface area contributed by atoms with Crippen LogP contribution in [0.4, 0.5) is 5.82 Å². The fourth-order valence-corrected chi connectivity index (χ4v) is 1.45. The van der Waals surface area contributed by atoms with Gasteiger partial charge >= 0.3 is 0 Å². The Morgan fingerprint density at radius 2 is 2.33 bits per heavy atom. The highest BCUT2D eigenvalue weighted by Gasteiger charge is 2.06. The normalized spacial score (nSPS) is 10.3. The molecule has 2 aromatic heterocycles. The summed E-state index contributed by atoms with van der Waals surface area (Å²) in [7, 11) is 0. The minimum absolute atomic E-state index is 0.368. The molecule has 0 atom stereocenters. The second kappa shape index (κ2) is 4.59. The van der Waals surface area contributed by atoms with E-state index in [1.54, 1.807) is 6.07 Å². The largest absolute Gasteiger partial charge is 0.364 e. The summed E-state index contributed by atoms with van der Waals surface area (Å²) in [4.78, 5) is 7.84. The van der Waals surface area contributed by atoms with Gasteiger partial charge in [0.2, 0.25) is 0 Å².